The van der Waals surface area contributed by atoms with E-state index >= 15 is 0 Å². The number of nitrogens with one attached hydrogen (secondary N) is 1. The number of ether oxygens (including phenoxy) is 1. The molecule has 108 valence electrons. The molecule has 1 aromatic carbocycles. The largest absolute Gasteiger partial charge is 0.494 e. The number of rotatable bonds is 7. The van der Waals surface area contributed by atoms with E-state index in [0.29, 0.717) is 0 Å². The molecule has 1 atom stereocenters. The molecule has 0 bridgehead atoms. The van der Waals surface area contributed by atoms with E-state index in [1.54, 1.807) is 6.26 Å². The van der Waals surface area contributed by atoms with E-state index in [1.807, 2.05) is 30.3 Å². The summed E-state index contributed by atoms with van der Waals surface area (Å²) in [7, 11) is 0. The Morgan fingerprint density at radius 2 is 1.95 bits per heavy atom. The van der Waals surface area contributed by atoms with Crippen molar-refractivity contribution in [1.29, 1.82) is 0 Å². The molecule has 0 radical (unpaired) electrons. The Balaban J connectivity index is 2.19. The molecule has 1 aromatic heterocycles. The van der Waals surface area contributed by atoms with Gasteiger partial charge in [0.25, 0.3) is 0 Å². The van der Waals surface area contributed by atoms with Crippen molar-refractivity contribution in [3.8, 4) is 5.75 Å². The van der Waals surface area contributed by atoms with Gasteiger partial charge in [0, 0.05) is 12.0 Å². The molecule has 0 aliphatic rings. The lowest BCUT2D eigenvalue weighted by Crippen LogP contribution is -2.29. The van der Waals surface area contributed by atoms with Gasteiger partial charge in [-0.1, -0.05) is 26.0 Å². The molecule has 4 nitrogen and oxygen atoms in total. The van der Waals surface area contributed by atoms with E-state index < -0.39 is 0 Å². The maximum Gasteiger partial charge on any atom is 0.119 e. The Bertz CT molecular complexity index is 520. The number of furan rings is 1. The van der Waals surface area contributed by atoms with Crippen molar-refractivity contribution in [2.45, 2.75) is 32.7 Å². The zero-order chi connectivity index (χ0) is 14.4. The number of aryl methyl sites for hydroxylation is 1. The number of benzene rings is 1. The molecule has 0 aliphatic carbocycles. The molecule has 0 aliphatic heterocycles. The van der Waals surface area contributed by atoms with Gasteiger partial charge in [-0.2, -0.15) is 0 Å². The number of hydrogen-bond acceptors (Lipinski definition) is 4. The van der Waals surface area contributed by atoms with E-state index in [0.717, 1.165) is 42.1 Å². The van der Waals surface area contributed by atoms with Gasteiger partial charge in [-0.05, 0) is 30.2 Å². The minimum Gasteiger partial charge on any atom is -0.494 e. The van der Waals surface area contributed by atoms with Gasteiger partial charge in [-0.15, -0.1) is 0 Å². The van der Waals surface area contributed by atoms with Crippen molar-refractivity contribution in [2.24, 2.45) is 5.84 Å². The fraction of sp³-hybridized carbons (Fsp3) is 0.375. The molecule has 20 heavy (non-hydrogen) atoms. The predicted octanol–water partition coefficient (Wildman–Crippen LogP) is 3.18. The Morgan fingerprint density at radius 1 is 1.20 bits per heavy atom. The molecule has 0 spiro atoms. The summed E-state index contributed by atoms with van der Waals surface area (Å²) in [5.74, 6) is 7.56. The lowest BCUT2D eigenvalue weighted by molar-refractivity contribution is 0.317. The van der Waals surface area contributed by atoms with Crippen molar-refractivity contribution in [3.05, 3.63) is 53.5 Å². The van der Waals surface area contributed by atoms with Gasteiger partial charge in [-0.3, -0.25) is 5.84 Å². The number of hydrogen-bond donors (Lipinski definition) is 2. The first-order valence-corrected chi connectivity index (χ1v) is 7.05. The molecule has 0 saturated carbocycles. The van der Waals surface area contributed by atoms with Crippen LogP contribution in [0.1, 0.15) is 43.2 Å². The molecule has 0 fully saturated rings. The summed E-state index contributed by atoms with van der Waals surface area (Å²) in [4.78, 5) is 0. The second kappa shape index (κ2) is 7.12. The maximum atomic E-state index is 5.71. The third-order valence-electron chi connectivity index (χ3n) is 3.26. The molecule has 0 amide bonds. The molecule has 0 saturated heterocycles. The molecular formula is C16H22N2O2. The SMILES string of the molecule is CCCOc1ccc(C(NN)c2ccoc2CC)cc1. The van der Waals surface area contributed by atoms with Crippen LogP contribution in [0.2, 0.25) is 0 Å². The number of hydrazine groups is 1. The van der Waals surface area contributed by atoms with Crippen molar-refractivity contribution < 1.29 is 9.15 Å². The first kappa shape index (κ1) is 14.6. The summed E-state index contributed by atoms with van der Waals surface area (Å²) in [5, 5.41) is 0. The van der Waals surface area contributed by atoms with E-state index in [-0.39, 0.29) is 6.04 Å². The Labute approximate surface area is 119 Å². The smallest absolute Gasteiger partial charge is 0.119 e. The standard InChI is InChI=1S/C16H22N2O2/c1-3-10-19-13-7-5-12(6-8-13)16(18-17)14-9-11-20-15(14)4-2/h5-9,11,16,18H,3-4,10,17H2,1-2H3. The van der Waals surface area contributed by atoms with Crippen LogP contribution in [0.15, 0.2) is 41.0 Å². The van der Waals surface area contributed by atoms with Gasteiger partial charge in [0.15, 0.2) is 0 Å². The monoisotopic (exact) mass is 274 g/mol. The average molecular weight is 274 g/mol. The van der Waals surface area contributed by atoms with Crippen LogP contribution in [0.4, 0.5) is 0 Å². The zero-order valence-electron chi connectivity index (χ0n) is 12.1. The van der Waals surface area contributed by atoms with Crippen LogP contribution in [-0.2, 0) is 6.42 Å². The first-order valence-electron chi connectivity index (χ1n) is 7.05. The van der Waals surface area contributed by atoms with Crippen molar-refractivity contribution in [1.82, 2.24) is 5.43 Å². The minimum atomic E-state index is -0.0658. The average Bonchev–Trinajstić information content (AvgIpc) is 2.95. The van der Waals surface area contributed by atoms with Gasteiger partial charge in [0.1, 0.15) is 11.5 Å². The lowest BCUT2D eigenvalue weighted by Gasteiger charge is -2.17. The molecule has 3 N–H and O–H groups in total. The van der Waals surface area contributed by atoms with E-state index in [9.17, 15) is 0 Å². The van der Waals surface area contributed by atoms with Crippen LogP contribution in [0.5, 0.6) is 5.75 Å². The third kappa shape index (κ3) is 3.21. The predicted molar refractivity (Wildman–Crippen MR) is 79.5 cm³/mol. The van der Waals surface area contributed by atoms with E-state index in [2.05, 4.69) is 19.3 Å². The minimum absolute atomic E-state index is 0.0658. The summed E-state index contributed by atoms with van der Waals surface area (Å²) >= 11 is 0. The van der Waals surface area contributed by atoms with Crippen LogP contribution >= 0.6 is 0 Å². The quantitative estimate of drug-likeness (QED) is 0.601. The van der Waals surface area contributed by atoms with Crippen LogP contribution < -0.4 is 16.0 Å². The van der Waals surface area contributed by atoms with Crippen LogP contribution in [0.3, 0.4) is 0 Å². The van der Waals surface area contributed by atoms with Gasteiger partial charge in [-0.25, -0.2) is 5.43 Å². The zero-order valence-corrected chi connectivity index (χ0v) is 12.1. The molecule has 1 unspecified atom stereocenters. The van der Waals surface area contributed by atoms with Crippen LogP contribution in [-0.4, -0.2) is 6.61 Å². The normalized spacial score (nSPS) is 12.3. The number of nitrogens with two attached hydrogens (primary N) is 1. The van der Waals surface area contributed by atoms with Gasteiger partial charge in [0.05, 0.1) is 18.9 Å². The molecule has 1 heterocycles. The lowest BCUT2D eigenvalue weighted by atomic mass is 9.99. The first-order chi connectivity index (χ1) is 9.80. The second-order valence-electron chi connectivity index (χ2n) is 4.67. The molecule has 2 rings (SSSR count). The van der Waals surface area contributed by atoms with Crippen molar-refractivity contribution in [3.63, 3.8) is 0 Å². The van der Waals surface area contributed by atoms with Gasteiger partial charge < -0.3 is 9.15 Å². The van der Waals surface area contributed by atoms with E-state index in [4.69, 9.17) is 15.0 Å². The van der Waals surface area contributed by atoms with E-state index in [1.165, 1.54) is 0 Å². The van der Waals surface area contributed by atoms with Gasteiger partial charge in [0.2, 0.25) is 0 Å². The highest BCUT2D eigenvalue weighted by molar-refractivity contribution is 5.36. The fourth-order valence-corrected chi connectivity index (χ4v) is 2.24. The molecule has 4 heteroatoms. The highest BCUT2D eigenvalue weighted by Gasteiger charge is 2.17. The van der Waals surface area contributed by atoms with Crippen molar-refractivity contribution in [2.75, 3.05) is 6.61 Å². The highest BCUT2D eigenvalue weighted by atomic mass is 16.5. The summed E-state index contributed by atoms with van der Waals surface area (Å²) in [6.07, 6.45) is 3.55. The maximum absolute atomic E-state index is 5.71. The summed E-state index contributed by atoms with van der Waals surface area (Å²) in [5.41, 5.74) is 5.03. The van der Waals surface area contributed by atoms with Gasteiger partial charge >= 0.3 is 0 Å². The Kier molecular flexibility index (Phi) is 5.21. The Morgan fingerprint density at radius 3 is 2.55 bits per heavy atom. The third-order valence-corrected chi connectivity index (χ3v) is 3.26. The highest BCUT2D eigenvalue weighted by Crippen LogP contribution is 2.27. The molecule has 2 aromatic rings. The second-order valence-corrected chi connectivity index (χ2v) is 4.67. The summed E-state index contributed by atoms with van der Waals surface area (Å²) in [6.45, 7) is 4.89. The fourth-order valence-electron chi connectivity index (χ4n) is 2.24. The topological polar surface area (TPSA) is 60.4 Å². The Hall–Kier alpha value is -1.78. The summed E-state index contributed by atoms with van der Waals surface area (Å²) in [6, 6.07) is 9.90. The van der Waals surface area contributed by atoms with Crippen LogP contribution in [0, 0.1) is 0 Å². The summed E-state index contributed by atoms with van der Waals surface area (Å²) < 4.78 is 11.1. The van der Waals surface area contributed by atoms with Crippen molar-refractivity contribution >= 4 is 0 Å². The van der Waals surface area contributed by atoms with Crippen LogP contribution in [0.25, 0.3) is 0 Å². The molecular weight excluding hydrogens is 252 g/mol.